The molecule has 0 fully saturated rings. The standard InChI is InChI=1S/C11H26N2/c1-6-8-11(7-2)9-12-13(5)10(3)4/h10-12H,6-9H2,1-5H3. The maximum Gasteiger partial charge on any atom is 0.0183 e. The molecule has 1 N–H and O–H groups in total. The largest absolute Gasteiger partial charge is 0.255 e. The lowest BCUT2D eigenvalue weighted by molar-refractivity contribution is 0.169. The van der Waals surface area contributed by atoms with E-state index in [0.29, 0.717) is 6.04 Å². The van der Waals surface area contributed by atoms with Crippen molar-refractivity contribution in [1.29, 1.82) is 0 Å². The zero-order valence-electron chi connectivity index (χ0n) is 9.93. The van der Waals surface area contributed by atoms with E-state index in [9.17, 15) is 0 Å². The topological polar surface area (TPSA) is 15.3 Å². The van der Waals surface area contributed by atoms with Crippen LogP contribution in [0.25, 0.3) is 0 Å². The Morgan fingerprint density at radius 1 is 1.23 bits per heavy atom. The van der Waals surface area contributed by atoms with Crippen molar-refractivity contribution in [1.82, 2.24) is 10.4 Å². The van der Waals surface area contributed by atoms with Gasteiger partial charge in [-0.1, -0.05) is 26.7 Å². The summed E-state index contributed by atoms with van der Waals surface area (Å²) in [7, 11) is 2.11. The minimum atomic E-state index is 0.583. The van der Waals surface area contributed by atoms with Crippen molar-refractivity contribution >= 4 is 0 Å². The first kappa shape index (κ1) is 12.9. The van der Waals surface area contributed by atoms with E-state index in [1.807, 2.05) is 0 Å². The van der Waals surface area contributed by atoms with Crippen LogP contribution < -0.4 is 5.43 Å². The maximum atomic E-state index is 3.45. The Morgan fingerprint density at radius 2 is 1.85 bits per heavy atom. The van der Waals surface area contributed by atoms with Gasteiger partial charge in [-0.05, 0) is 26.2 Å². The highest BCUT2D eigenvalue weighted by molar-refractivity contribution is 4.60. The van der Waals surface area contributed by atoms with Crippen molar-refractivity contribution in [2.45, 2.75) is 53.0 Å². The molecular formula is C11H26N2. The van der Waals surface area contributed by atoms with Gasteiger partial charge in [0.1, 0.15) is 0 Å². The van der Waals surface area contributed by atoms with Gasteiger partial charge >= 0.3 is 0 Å². The Hall–Kier alpha value is -0.0800. The number of hydrazine groups is 1. The lowest BCUT2D eigenvalue weighted by atomic mass is 10.0. The molecule has 1 unspecified atom stereocenters. The van der Waals surface area contributed by atoms with Crippen LogP contribution in [0.1, 0.15) is 47.0 Å². The monoisotopic (exact) mass is 186 g/mol. The first-order valence-corrected chi connectivity index (χ1v) is 5.58. The van der Waals surface area contributed by atoms with Crippen LogP contribution in [0.4, 0.5) is 0 Å². The van der Waals surface area contributed by atoms with E-state index in [4.69, 9.17) is 0 Å². The predicted octanol–water partition coefficient (Wildman–Crippen LogP) is 2.66. The minimum absolute atomic E-state index is 0.583. The van der Waals surface area contributed by atoms with Crippen molar-refractivity contribution in [3.8, 4) is 0 Å². The molecule has 0 bridgehead atoms. The highest BCUT2D eigenvalue weighted by atomic mass is 15.5. The number of nitrogens with one attached hydrogen (secondary N) is 1. The van der Waals surface area contributed by atoms with Gasteiger partial charge in [0.15, 0.2) is 0 Å². The van der Waals surface area contributed by atoms with Gasteiger partial charge in [-0.3, -0.25) is 5.43 Å². The third kappa shape index (κ3) is 6.05. The van der Waals surface area contributed by atoms with E-state index < -0.39 is 0 Å². The first-order chi connectivity index (χ1) is 6.11. The number of hydrogen-bond donors (Lipinski definition) is 1. The molecule has 0 rings (SSSR count). The summed E-state index contributed by atoms with van der Waals surface area (Å²) < 4.78 is 0. The van der Waals surface area contributed by atoms with Crippen LogP contribution in [-0.2, 0) is 0 Å². The first-order valence-electron chi connectivity index (χ1n) is 5.58. The molecule has 0 saturated heterocycles. The Balaban J connectivity index is 3.58. The summed E-state index contributed by atoms with van der Waals surface area (Å²) in [5.41, 5.74) is 3.45. The third-order valence-electron chi connectivity index (χ3n) is 2.68. The fourth-order valence-corrected chi connectivity index (χ4v) is 1.31. The Morgan fingerprint density at radius 3 is 2.23 bits per heavy atom. The van der Waals surface area contributed by atoms with Crippen LogP contribution in [0.3, 0.4) is 0 Å². The molecule has 1 atom stereocenters. The molecule has 80 valence electrons. The second-order valence-electron chi connectivity index (χ2n) is 4.13. The van der Waals surface area contributed by atoms with E-state index in [1.165, 1.54) is 19.3 Å². The van der Waals surface area contributed by atoms with Crippen LogP contribution >= 0.6 is 0 Å². The van der Waals surface area contributed by atoms with Crippen LogP contribution in [0.15, 0.2) is 0 Å². The summed E-state index contributed by atoms with van der Waals surface area (Å²) in [6, 6.07) is 0.583. The highest BCUT2D eigenvalue weighted by Gasteiger charge is 2.07. The van der Waals surface area contributed by atoms with E-state index in [0.717, 1.165) is 12.5 Å². The van der Waals surface area contributed by atoms with E-state index in [1.54, 1.807) is 0 Å². The van der Waals surface area contributed by atoms with Gasteiger partial charge in [0.25, 0.3) is 0 Å². The fourth-order valence-electron chi connectivity index (χ4n) is 1.31. The zero-order valence-corrected chi connectivity index (χ0v) is 9.93. The molecule has 13 heavy (non-hydrogen) atoms. The van der Waals surface area contributed by atoms with E-state index in [-0.39, 0.29) is 0 Å². The molecule has 0 aliphatic heterocycles. The number of nitrogens with zero attached hydrogens (tertiary/aromatic N) is 1. The molecule has 2 nitrogen and oxygen atoms in total. The lowest BCUT2D eigenvalue weighted by Crippen LogP contribution is -2.42. The third-order valence-corrected chi connectivity index (χ3v) is 2.68. The Labute approximate surface area is 83.7 Å². The number of rotatable bonds is 7. The normalized spacial score (nSPS) is 14.1. The van der Waals surface area contributed by atoms with Crippen LogP contribution in [0, 0.1) is 5.92 Å². The number of hydrogen-bond acceptors (Lipinski definition) is 2. The molecule has 0 aromatic carbocycles. The average Bonchev–Trinajstić information content (AvgIpc) is 2.11. The predicted molar refractivity (Wildman–Crippen MR) is 59.6 cm³/mol. The van der Waals surface area contributed by atoms with Gasteiger partial charge in [0.05, 0.1) is 0 Å². The summed E-state index contributed by atoms with van der Waals surface area (Å²) in [5, 5.41) is 2.19. The zero-order chi connectivity index (χ0) is 10.3. The molecule has 0 aliphatic carbocycles. The van der Waals surface area contributed by atoms with Crippen LogP contribution in [0.2, 0.25) is 0 Å². The van der Waals surface area contributed by atoms with Crippen molar-refractivity contribution < 1.29 is 0 Å². The van der Waals surface area contributed by atoms with Crippen molar-refractivity contribution in [3.05, 3.63) is 0 Å². The second kappa shape index (κ2) is 7.34. The molecule has 0 spiro atoms. The quantitative estimate of drug-likeness (QED) is 0.615. The molecule has 0 aromatic rings. The highest BCUT2D eigenvalue weighted by Crippen LogP contribution is 2.09. The minimum Gasteiger partial charge on any atom is -0.255 e. The Bertz CT molecular complexity index is 113. The smallest absolute Gasteiger partial charge is 0.0183 e. The summed E-state index contributed by atoms with van der Waals surface area (Å²) in [5.74, 6) is 0.839. The molecule has 0 amide bonds. The molecule has 0 saturated carbocycles. The van der Waals surface area contributed by atoms with Gasteiger partial charge in [-0.15, -0.1) is 0 Å². The van der Waals surface area contributed by atoms with Crippen LogP contribution in [-0.4, -0.2) is 24.6 Å². The summed E-state index contributed by atoms with van der Waals surface area (Å²) in [6.45, 7) is 10.1. The van der Waals surface area contributed by atoms with Crippen molar-refractivity contribution in [3.63, 3.8) is 0 Å². The average molecular weight is 186 g/mol. The lowest BCUT2D eigenvalue weighted by Gasteiger charge is -2.25. The Kier molecular flexibility index (Phi) is 7.29. The van der Waals surface area contributed by atoms with Gasteiger partial charge in [-0.25, -0.2) is 5.01 Å². The van der Waals surface area contributed by atoms with Crippen molar-refractivity contribution in [2.75, 3.05) is 13.6 Å². The van der Waals surface area contributed by atoms with E-state index in [2.05, 4.69) is 45.2 Å². The molecule has 0 radical (unpaired) electrons. The summed E-state index contributed by atoms with van der Waals surface area (Å²) in [4.78, 5) is 0. The molecule has 0 aromatic heterocycles. The summed E-state index contributed by atoms with van der Waals surface area (Å²) >= 11 is 0. The fraction of sp³-hybridized carbons (Fsp3) is 1.00. The van der Waals surface area contributed by atoms with Gasteiger partial charge in [0.2, 0.25) is 0 Å². The van der Waals surface area contributed by atoms with Gasteiger partial charge in [-0.2, -0.15) is 0 Å². The summed E-state index contributed by atoms with van der Waals surface area (Å²) in [6.07, 6.45) is 3.92. The molecule has 0 heterocycles. The van der Waals surface area contributed by atoms with Gasteiger partial charge in [0, 0.05) is 19.6 Å². The maximum absolute atomic E-state index is 3.45. The van der Waals surface area contributed by atoms with Crippen molar-refractivity contribution in [2.24, 2.45) is 5.92 Å². The van der Waals surface area contributed by atoms with E-state index >= 15 is 0 Å². The second-order valence-corrected chi connectivity index (χ2v) is 4.13. The SMILES string of the molecule is CCCC(CC)CNN(C)C(C)C. The molecule has 2 heteroatoms. The molecule has 0 aliphatic rings. The molecular weight excluding hydrogens is 160 g/mol. The van der Waals surface area contributed by atoms with Gasteiger partial charge < -0.3 is 0 Å². The van der Waals surface area contributed by atoms with Crippen LogP contribution in [0.5, 0.6) is 0 Å².